The Hall–Kier alpha value is -1.40. The van der Waals surface area contributed by atoms with E-state index in [1.165, 1.54) is 34.2 Å². The molecule has 6 heteroatoms. The van der Waals surface area contributed by atoms with Gasteiger partial charge >= 0.3 is 0 Å². The van der Waals surface area contributed by atoms with Crippen LogP contribution in [-0.2, 0) is 17.8 Å². The molecule has 2 aromatic rings. The molecule has 1 aromatic heterocycles. The van der Waals surface area contributed by atoms with Crippen molar-refractivity contribution in [3.05, 3.63) is 40.9 Å². The molecule has 2 heterocycles. The lowest BCUT2D eigenvalue weighted by atomic mass is 10.00. The van der Waals surface area contributed by atoms with Gasteiger partial charge in [-0.15, -0.1) is 10.2 Å². The summed E-state index contributed by atoms with van der Waals surface area (Å²) in [5, 5.41) is 7.66. The van der Waals surface area contributed by atoms with Crippen molar-refractivity contribution < 1.29 is 4.79 Å². The predicted molar refractivity (Wildman–Crippen MR) is 80.8 cm³/mol. The maximum Gasteiger partial charge on any atom is 0.236 e. The lowest BCUT2D eigenvalue weighted by molar-refractivity contribution is -0.131. The van der Waals surface area contributed by atoms with E-state index in [9.17, 15) is 4.79 Å². The molecule has 1 aliphatic heterocycles. The Kier molecular flexibility index (Phi) is 4.03. The molecule has 1 aliphatic rings. The number of thioether (sulfide) groups is 1. The number of benzene rings is 1. The highest BCUT2D eigenvalue weighted by molar-refractivity contribution is 8.02. The van der Waals surface area contributed by atoms with Gasteiger partial charge in [-0.3, -0.25) is 4.79 Å². The second-order valence-corrected chi connectivity index (χ2v) is 7.16. The number of amides is 1. The first kappa shape index (κ1) is 13.6. The topological polar surface area (TPSA) is 46.1 Å². The van der Waals surface area contributed by atoms with Crippen molar-refractivity contribution in [1.29, 1.82) is 0 Å². The van der Waals surface area contributed by atoms with Gasteiger partial charge in [-0.25, -0.2) is 0 Å². The van der Waals surface area contributed by atoms with Gasteiger partial charge in [-0.05, 0) is 24.5 Å². The Morgan fingerprint density at radius 1 is 1.40 bits per heavy atom. The van der Waals surface area contributed by atoms with Crippen LogP contribution in [-0.4, -0.2) is 32.8 Å². The van der Waals surface area contributed by atoms with Gasteiger partial charge < -0.3 is 4.90 Å². The first-order valence-electron chi connectivity index (χ1n) is 6.52. The van der Waals surface area contributed by atoms with Crippen LogP contribution in [0.5, 0.6) is 0 Å². The number of aromatic nitrogens is 2. The normalized spacial score (nSPS) is 15.8. The summed E-state index contributed by atoms with van der Waals surface area (Å²) in [5.74, 6) is 0.180. The maximum absolute atomic E-state index is 12.5. The highest BCUT2D eigenvalue weighted by Gasteiger charge is 2.25. The second kappa shape index (κ2) is 5.93. The van der Waals surface area contributed by atoms with Crippen LogP contribution in [0.25, 0.3) is 0 Å². The fraction of sp³-hybridized carbons (Fsp3) is 0.357. The third kappa shape index (κ3) is 2.86. The Labute approximate surface area is 126 Å². The first-order chi connectivity index (χ1) is 9.74. The average molecular weight is 305 g/mol. The first-order valence-corrected chi connectivity index (χ1v) is 8.28. The van der Waals surface area contributed by atoms with Gasteiger partial charge in [-0.2, -0.15) is 0 Å². The monoisotopic (exact) mass is 305 g/mol. The van der Waals surface area contributed by atoms with Crippen molar-refractivity contribution in [3.8, 4) is 0 Å². The molecular weight excluding hydrogens is 290 g/mol. The van der Waals surface area contributed by atoms with Crippen molar-refractivity contribution >= 4 is 29.0 Å². The summed E-state index contributed by atoms with van der Waals surface area (Å²) in [4.78, 5) is 14.4. The number of carbonyl (C=O) groups excluding carboxylic acids is 1. The fourth-order valence-electron chi connectivity index (χ4n) is 2.36. The van der Waals surface area contributed by atoms with Crippen LogP contribution in [0, 0.1) is 0 Å². The van der Waals surface area contributed by atoms with E-state index >= 15 is 0 Å². The Bertz CT molecular complexity index is 600. The molecule has 1 atom stereocenters. The van der Waals surface area contributed by atoms with Crippen molar-refractivity contribution in [2.45, 2.75) is 29.5 Å². The molecule has 1 unspecified atom stereocenters. The zero-order valence-corrected chi connectivity index (χ0v) is 12.8. The third-order valence-corrected chi connectivity index (χ3v) is 5.31. The van der Waals surface area contributed by atoms with Crippen molar-refractivity contribution in [2.75, 3.05) is 6.54 Å². The Morgan fingerprint density at radius 2 is 2.20 bits per heavy atom. The molecule has 3 rings (SSSR count). The fourth-order valence-corrected chi connectivity index (χ4v) is 4.07. The second-order valence-electron chi connectivity index (χ2n) is 4.74. The van der Waals surface area contributed by atoms with Crippen molar-refractivity contribution in [3.63, 3.8) is 0 Å². The number of fused-ring (bicyclic) bond motifs is 1. The van der Waals surface area contributed by atoms with E-state index in [0.29, 0.717) is 0 Å². The van der Waals surface area contributed by atoms with E-state index in [-0.39, 0.29) is 11.2 Å². The molecule has 0 saturated carbocycles. The van der Waals surface area contributed by atoms with Gasteiger partial charge in [0.1, 0.15) is 5.51 Å². The Balaban J connectivity index is 1.66. The molecule has 104 valence electrons. The van der Waals surface area contributed by atoms with E-state index in [0.717, 1.165) is 23.8 Å². The third-order valence-electron chi connectivity index (χ3n) is 3.41. The average Bonchev–Trinajstić information content (AvgIpc) is 2.99. The lowest BCUT2D eigenvalue weighted by Gasteiger charge is -2.30. The molecular formula is C14H15N3OS2. The summed E-state index contributed by atoms with van der Waals surface area (Å²) in [6, 6.07) is 8.35. The quantitative estimate of drug-likeness (QED) is 0.818. The minimum atomic E-state index is -0.117. The molecule has 0 bridgehead atoms. The van der Waals surface area contributed by atoms with Crippen molar-refractivity contribution in [2.24, 2.45) is 0 Å². The minimum Gasteiger partial charge on any atom is -0.337 e. The van der Waals surface area contributed by atoms with Crippen LogP contribution >= 0.6 is 23.1 Å². The van der Waals surface area contributed by atoms with E-state index in [1.54, 1.807) is 5.51 Å². The SMILES string of the molecule is CC(Sc1nncs1)C(=O)N1CCc2ccccc2C1. The molecule has 0 aliphatic carbocycles. The minimum absolute atomic E-state index is 0.117. The smallest absolute Gasteiger partial charge is 0.236 e. The summed E-state index contributed by atoms with van der Waals surface area (Å²) in [7, 11) is 0. The summed E-state index contributed by atoms with van der Waals surface area (Å²) in [6.45, 7) is 3.46. The van der Waals surface area contributed by atoms with Crippen LogP contribution < -0.4 is 0 Å². The molecule has 20 heavy (non-hydrogen) atoms. The van der Waals surface area contributed by atoms with Gasteiger partial charge in [-0.1, -0.05) is 47.4 Å². The molecule has 4 nitrogen and oxygen atoms in total. The van der Waals surface area contributed by atoms with Crippen LogP contribution in [0.4, 0.5) is 0 Å². The van der Waals surface area contributed by atoms with Gasteiger partial charge in [0.15, 0.2) is 4.34 Å². The number of hydrogen-bond acceptors (Lipinski definition) is 5. The van der Waals surface area contributed by atoms with E-state index in [1.807, 2.05) is 17.9 Å². The van der Waals surface area contributed by atoms with Gasteiger partial charge in [0, 0.05) is 13.1 Å². The largest absolute Gasteiger partial charge is 0.337 e. The van der Waals surface area contributed by atoms with E-state index < -0.39 is 0 Å². The molecule has 1 aromatic carbocycles. The van der Waals surface area contributed by atoms with Gasteiger partial charge in [0.05, 0.1) is 5.25 Å². The van der Waals surface area contributed by atoms with Crippen LogP contribution in [0.2, 0.25) is 0 Å². The summed E-state index contributed by atoms with van der Waals surface area (Å²) < 4.78 is 0.850. The maximum atomic E-state index is 12.5. The number of carbonyl (C=O) groups is 1. The number of hydrogen-bond donors (Lipinski definition) is 0. The van der Waals surface area contributed by atoms with Crippen LogP contribution in [0.3, 0.4) is 0 Å². The van der Waals surface area contributed by atoms with Crippen LogP contribution in [0.15, 0.2) is 34.1 Å². The summed E-state index contributed by atoms with van der Waals surface area (Å²) >= 11 is 2.96. The molecule has 0 radical (unpaired) electrons. The van der Waals surface area contributed by atoms with E-state index in [4.69, 9.17) is 0 Å². The number of rotatable bonds is 3. The van der Waals surface area contributed by atoms with Crippen LogP contribution in [0.1, 0.15) is 18.1 Å². The highest BCUT2D eigenvalue weighted by atomic mass is 32.2. The van der Waals surface area contributed by atoms with Gasteiger partial charge in [0.25, 0.3) is 0 Å². The summed E-state index contributed by atoms with van der Waals surface area (Å²) in [6.07, 6.45) is 0.943. The standard InChI is InChI=1S/C14H15N3OS2/c1-10(20-14-16-15-9-19-14)13(18)17-7-6-11-4-2-3-5-12(11)8-17/h2-5,9-10H,6-8H2,1H3. The zero-order chi connectivity index (χ0) is 13.9. The van der Waals surface area contributed by atoms with Crippen molar-refractivity contribution in [1.82, 2.24) is 15.1 Å². The molecule has 0 saturated heterocycles. The highest BCUT2D eigenvalue weighted by Crippen LogP contribution is 2.27. The molecule has 0 N–H and O–H groups in total. The molecule has 0 fully saturated rings. The Morgan fingerprint density at radius 3 is 2.95 bits per heavy atom. The molecule has 1 amide bonds. The lowest BCUT2D eigenvalue weighted by Crippen LogP contribution is -2.40. The number of nitrogens with zero attached hydrogens (tertiary/aromatic N) is 3. The van der Waals surface area contributed by atoms with Gasteiger partial charge in [0.2, 0.25) is 5.91 Å². The van der Waals surface area contributed by atoms with E-state index in [2.05, 4.69) is 28.4 Å². The zero-order valence-electron chi connectivity index (χ0n) is 11.2. The predicted octanol–water partition coefficient (Wildman–Crippen LogP) is 2.60. The summed E-state index contributed by atoms with van der Waals surface area (Å²) in [5.41, 5.74) is 4.32. The molecule has 0 spiro atoms.